The number of unbranched alkanes of at least 4 members (excludes halogenated alkanes) is 2. The van der Waals surface area contributed by atoms with Crippen LogP contribution in [-0.2, 0) is 0 Å². The van der Waals surface area contributed by atoms with E-state index in [9.17, 15) is 0 Å². The van der Waals surface area contributed by atoms with E-state index < -0.39 is 0 Å². The van der Waals surface area contributed by atoms with Gasteiger partial charge in [0.2, 0.25) is 0 Å². The first-order valence-electron chi connectivity index (χ1n) is 7.32. The average molecular weight is 248 g/mol. The van der Waals surface area contributed by atoms with Crippen molar-refractivity contribution in [2.24, 2.45) is 0 Å². The summed E-state index contributed by atoms with van der Waals surface area (Å²) in [6, 6.07) is 6.58. The Morgan fingerprint density at radius 3 is 2.17 bits per heavy atom. The van der Waals surface area contributed by atoms with Crippen molar-refractivity contribution in [3.8, 4) is 5.75 Å². The number of benzene rings is 1. The fraction of sp³-hybridized carbons (Fsp3) is 0.647. The van der Waals surface area contributed by atoms with Crippen LogP contribution in [0.5, 0.6) is 5.75 Å². The summed E-state index contributed by atoms with van der Waals surface area (Å²) in [6.07, 6.45) is 3.65. The summed E-state index contributed by atoms with van der Waals surface area (Å²) in [4.78, 5) is 0. The zero-order valence-electron chi connectivity index (χ0n) is 12.6. The van der Waals surface area contributed by atoms with Crippen LogP contribution in [0.2, 0.25) is 0 Å². The van der Waals surface area contributed by atoms with Crippen LogP contribution in [-0.4, -0.2) is 6.61 Å². The van der Waals surface area contributed by atoms with Crippen LogP contribution in [0.25, 0.3) is 0 Å². The lowest BCUT2D eigenvalue weighted by Crippen LogP contribution is -2.02. The molecule has 0 saturated heterocycles. The Morgan fingerprint density at radius 2 is 1.61 bits per heavy atom. The molecule has 0 amide bonds. The molecule has 0 radical (unpaired) electrons. The van der Waals surface area contributed by atoms with Crippen molar-refractivity contribution in [2.75, 3.05) is 6.61 Å². The minimum absolute atomic E-state index is 0.557. The highest BCUT2D eigenvalue weighted by Gasteiger charge is 2.11. The minimum Gasteiger partial charge on any atom is -0.494 e. The Bertz CT molecular complexity index is 353. The zero-order valence-corrected chi connectivity index (χ0v) is 12.6. The summed E-state index contributed by atoms with van der Waals surface area (Å²) >= 11 is 0. The fourth-order valence-electron chi connectivity index (χ4n) is 2.21. The van der Waals surface area contributed by atoms with E-state index in [-0.39, 0.29) is 0 Å². The molecule has 0 saturated carbocycles. The predicted octanol–water partition coefficient (Wildman–Crippen LogP) is 5.50. The molecule has 0 heterocycles. The predicted molar refractivity (Wildman–Crippen MR) is 79.6 cm³/mol. The quantitative estimate of drug-likeness (QED) is 0.579. The van der Waals surface area contributed by atoms with Gasteiger partial charge >= 0.3 is 0 Å². The van der Waals surface area contributed by atoms with Gasteiger partial charge in [-0.25, -0.2) is 0 Å². The number of hydrogen-bond donors (Lipinski definition) is 0. The third-order valence-corrected chi connectivity index (χ3v) is 3.32. The number of ether oxygens (including phenoxy) is 1. The van der Waals surface area contributed by atoms with Crippen LogP contribution >= 0.6 is 0 Å². The van der Waals surface area contributed by atoms with Gasteiger partial charge in [0, 0.05) is 0 Å². The lowest BCUT2D eigenvalue weighted by atomic mass is 9.90. The molecule has 0 aromatic heterocycles. The first kappa shape index (κ1) is 15.1. The van der Waals surface area contributed by atoms with Gasteiger partial charge in [0.05, 0.1) is 6.61 Å². The highest BCUT2D eigenvalue weighted by atomic mass is 16.5. The van der Waals surface area contributed by atoms with Gasteiger partial charge in [0.1, 0.15) is 5.75 Å². The third-order valence-electron chi connectivity index (χ3n) is 3.32. The van der Waals surface area contributed by atoms with Gasteiger partial charge in [-0.1, -0.05) is 53.5 Å². The van der Waals surface area contributed by atoms with E-state index in [1.165, 1.54) is 24.0 Å². The van der Waals surface area contributed by atoms with E-state index in [4.69, 9.17) is 4.74 Å². The molecule has 18 heavy (non-hydrogen) atoms. The largest absolute Gasteiger partial charge is 0.494 e. The summed E-state index contributed by atoms with van der Waals surface area (Å²) in [7, 11) is 0. The standard InChI is InChI=1S/C17H28O/c1-6-7-8-11-18-15-9-10-16(13(2)3)17(12-15)14(4)5/h9-10,12-14H,6-8,11H2,1-5H3. The van der Waals surface area contributed by atoms with E-state index in [0.29, 0.717) is 11.8 Å². The molecule has 0 spiro atoms. The van der Waals surface area contributed by atoms with Crippen molar-refractivity contribution in [1.82, 2.24) is 0 Å². The second-order valence-electron chi connectivity index (χ2n) is 5.66. The maximum Gasteiger partial charge on any atom is 0.119 e. The minimum atomic E-state index is 0.557. The van der Waals surface area contributed by atoms with E-state index in [2.05, 4.69) is 52.8 Å². The molecule has 0 fully saturated rings. The molecule has 1 nitrogen and oxygen atoms in total. The normalized spacial score (nSPS) is 11.3. The van der Waals surface area contributed by atoms with Gasteiger partial charge in [-0.3, -0.25) is 0 Å². The smallest absolute Gasteiger partial charge is 0.119 e. The summed E-state index contributed by atoms with van der Waals surface area (Å²) in [5.41, 5.74) is 2.88. The third kappa shape index (κ3) is 4.36. The molecule has 0 bridgehead atoms. The molecule has 0 atom stereocenters. The van der Waals surface area contributed by atoms with Crippen molar-refractivity contribution in [3.05, 3.63) is 29.3 Å². The number of hydrogen-bond acceptors (Lipinski definition) is 1. The van der Waals surface area contributed by atoms with Gasteiger partial charge in [-0.15, -0.1) is 0 Å². The molecule has 0 aliphatic rings. The summed E-state index contributed by atoms with van der Waals surface area (Å²) in [5.74, 6) is 2.16. The van der Waals surface area contributed by atoms with Gasteiger partial charge in [0.25, 0.3) is 0 Å². The second kappa shape index (κ2) is 7.45. The molecule has 1 aromatic carbocycles. The molecular weight excluding hydrogens is 220 g/mol. The molecule has 1 rings (SSSR count). The lowest BCUT2D eigenvalue weighted by Gasteiger charge is -2.17. The Hall–Kier alpha value is -0.980. The maximum atomic E-state index is 5.83. The highest BCUT2D eigenvalue weighted by Crippen LogP contribution is 2.29. The molecule has 0 aliphatic carbocycles. The molecular formula is C17H28O. The zero-order chi connectivity index (χ0) is 13.5. The Labute approximate surface area is 113 Å². The van der Waals surface area contributed by atoms with Gasteiger partial charge in [-0.05, 0) is 41.5 Å². The molecule has 1 aromatic rings. The van der Waals surface area contributed by atoms with Crippen LogP contribution in [0.1, 0.15) is 76.8 Å². The van der Waals surface area contributed by atoms with Gasteiger partial charge in [0.15, 0.2) is 0 Å². The molecule has 0 unspecified atom stereocenters. The van der Waals surface area contributed by atoms with Crippen molar-refractivity contribution in [3.63, 3.8) is 0 Å². The van der Waals surface area contributed by atoms with Crippen LogP contribution in [0.15, 0.2) is 18.2 Å². The second-order valence-corrected chi connectivity index (χ2v) is 5.66. The van der Waals surface area contributed by atoms with Crippen LogP contribution in [0.4, 0.5) is 0 Å². The summed E-state index contributed by atoms with van der Waals surface area (Å²) < 4.78 is 5.83. The average Bonchev–Trinajstić information content (AvgIpc) is 2.34. The van der Waals surface area contributed by atoms with Crippen molar-refractivity contribution < 1.29 is 4.74 Å². The van der Waals surface area contributed by atoms with E-state index >= 15 is 0 Å². The van der Waals surface area contributed by atoms with E-state index in [0.717, 1.165) is 18.8 Å². The Morgan fingerprint density at radius 1 is 0.944 bits per heavy atom. The summed E-state index contributed by atoms with van der Waals surface area (Å²) in [6.45, 7) is 12.1. The molecule has 102 valence electrons. The maximum absolute atomic E-state index is 5.83. The van der Waals surface area contributed by atoms with Crippen LogP contribution in [0, 0.1) is 0 Å². The summed E-state index contributed by atoms with van der Waals surface area (Å²) in [5, 5.41) is 0. The Balaban J connectivity index is 2.74. The van der Waals surface area contributed by atoms with Crippen molar-refractivity contribution in [1.29, 1.82) is 0 Å². The van der Waals surface area contributed by atoms with Crippen LogP contribution < -0.4 is 4.74 Å². The van der Waals surface area contributed by atoms with Crippen molar-refractivity contribution in [2.45, 2.75) is 65.7 Å². The fourth-order valence-corrected chi connectivity index (χ4v) is 2.21. The lowest BCUT2D eigenvalue weighted by molar-refractivity contribution is 0.305. The van der Waals surface area contributed by atoms with E-state index in [1.54, 1.807) is 0 Å². The van der Waals surface area contributed by atoms with Crippen LogP contribution in [0.3, 0.4) is 0 Å². The van der Waals surface area contributed by atoms with E-state index in [1.807, 2.05) is 0 Å². The topological polar surface area (TPSA) is 9.23 Å². The number of rotatable bonds is 7. The van der Waals surface area contributed by atoms with Crippen molar-refractivity contribution >= 4 is 0 Å². The highest BCUT2D eigenvalue weighted by molar-refractivity contribution is 5.39. The monoisotopic (exact) mass is 248 g/mol. The van der Waals surface area contributed by atoms with Gasteiger partial charge < -0.3 is 4.74 Å². The SMILES string of the molecule is CCCCCOc1ccc(C(C)C)c(C(C)C)c1. The molecule has 1 heteroatoms. The molecule has 0 N–H and O–H groups in total. The molecule has 0 aliphatic heterocycles. The van der Waals surface area contributed by atoms with Gasteiger partial charge in [-0.2, -0.15) is 0 Å². The first-order valence-corrected chi connectivity index (χ1v) is 7.32. The Kier molecular flexibility index (Phi) is 6.24. The first-order chi connectivity index (χ1) is 8.56.